The van der Waals surface area contributed by atoms with Crippen LogP contribution in [0.1, 0.15) is 49.8 Å². The summed E-state index contributed by atoms with van der Waals surface area (Å²) in [5, 5.41) is 1.17. The third kappa shape index (κ3) is 3.14. The van der Waals surface area contributed by atoms with Crippen molar-refractivity contribution < 1.29 is 4.42 Å². The minimum Gasteiger partial charge on any atom is -0.459 e. The highest BCUT2D eigenvalue weighted by atomic mass is 16.3. The predicted octanol–water partition coefficient (Wildman–Crippen LogP) is 4.05. The second-order valence-electron chi connectivity index (χ2n) is 6.26. The lowest BCUT2D eigenvalue weighted by atomic mass is 10.1. The smallest absolute Gasteiger partial charge is 0.134 e. The fourth-order valence-corrected chi connectivity index (χ4v) is 3.56. The zero-order chi connectivity index (χ0) is 14.7. The first-order valence-electron chi connectivity index (χ1n) is 8.19. The molecule has 1 aromatic heterocycles. The van der Waals surface area contributed by atoms with Gasteiger partial charge in [0.05, 0.1) is 6.54 Å². The van der Waals surface area contributed by atoms with Crippen molar-refractivity contribution in [1.29, 1.82) is 0 Å². The molecule has 2 aromatic rings. The minimum absolute atomic E-state index is 0.546. The molecule has 0 amide bonds. The second-order valence-corrected chi connectivity index (χ2v) is 6.26. The molecule has 114 valence electrons. The van der Waals surface area contributed by atoms with Crippen LogP contribution >= 0.6 is 0 Å². The van der Waals surface area contributed by atoms with E-state index in [0.29, 0.717) is 12.6 Å². The summed E-state index contributed by atoms with van der Waals surface area (Å²) in [7, 11) is 2.23. The van der Waals surface area contributed by atoms with Crippen LogP contribution in [0.4, 0.5) is 0 Å². The van der Waals surface area contributed by atoms with Crippen LogP contribution < -0.4 is 5.73 Å². The number of fused-ring (bicyclic) bond motifs is 1. The summed E-state index contributed by atoms with van der Waals surface area (Å²) >= 11 is 0. The minimum atomic E-state index is 0.546. The molecule has 0 unspecified atom stereocenters. The van der Waals surface area contributed by atoms with Gasteiger partial charge in [-0.2, -0.15) is 0 Å². The fourth-order valence-electron chi connectivity index (χ4n) is 3.56. The predicted molar refractivity (Wildman–Crippen MR) is 87.1 cm³/mol. The topological polar surface area (TPSA) is 42.4 Å². The Bertz CT molecular complexity index is 582. The summed E-state index contributed by atoms with van der Waals surface area (Å²) in [4.78, 5) is 2.46. The van der Waals surface area contributed by atoms with Gasteiger partial charge in [0.15, 0.2) is 0 Å². The number of nitrogens with two attached hydrogens (primary N) is 1. The number of benzene rings is 1. The third-order valence-electron chi connectivity index (χ3n) is 4.83. The summed E-state index contributed by atoms with van der Waals surface area (Å²) in [5.74, 6) is 1.05. The standard InChI is InChI=1S/C18H26N2O/c1-20(14-8-4-2-3-5-9-14)13-18-16(12-19)15-10-6-7-11-17(15)21-18/h6-7,10-11,14H,2-5,8-9,12-13,19H2,1H3. The van der Waals surface area contributed by atoms with E-state index in [4.69, 9.17) is 10.2 Å². The zero-order valence-corrected chi connectivity index (χ0v) is 13.0. The van der Waals surface area contributed by atoms with E-state index in [9.17, 15) is 0 Å². The van der Waals surface area contributed by atoms with E-state index in [-0.39, 0.29) is 0 Å². The van der Waals surface area contributed by atoms with Crippen LogP contribution in [-0.2, 0) is 13.1 Å². The highest BCUT2D eigenvalue weighted by molar-refractivity contribution is 5.82. The molecule has 0 saturated heterocycles. The van der Waals surface area contributed by atoms with Crippen LogP contribution in [0.15, 0.2) is 28.7 Å². The third-order valence-corrected chi connectivity index (χ3v) is 4.83. The maximum absolute atomic E-state index is 6.06. The maximum Gasteiger partial charge on any atom is 0.134 e. The molecule has 1 saturated carbocycles. The first kappa shape index (κ1) is 14.6. The van der Waals surface area contributed by atoms with Crippen LogP contribution in [-0.4, -0.2) is 18.0 Å². The van der Waals surface area contributed by atoms with Gasteiger partial charge in [-0.3, -0.25) is 4.90 Å². The van der Waals surface area contributed by atoms with E-state index in [2.05, 4.69) is 24.1 Å². The van der Waals surface area contributed by atoms with Crippen molar-refractivity contribution in [1.82, 2.24) is 4.90 Å². The Hall–Kier alpha value is -1.32. The average molecular weight is 286 g/mol. The summed E-state index contributed by atoms with van der Waals surface area (Å²) in [6.45, 7) is 1.41. The molecule has 1 aliphatic rings. The van der Waals surface area contributed by atoms with Crippen molar-refractivity contribution in [3.05, 3.63) is 35.6 Å². The Balaban J connectivity index is 1.80. The van der Waals surface area contributed by atoms with E-state index >= 15 is 0 Å². The highest BCUT2D eigenvalue weighted by Crippen LogP contribution is 2.28. The van der Waals surface area contributed by atoms with Crippen LogP contribution in [0.25, 0.3) is 11.0 Å². The van der Waals surface area contributed by atoms with Crippen molar-refractivity contribution in [2.75, 3.05) is 7.05 Å². The van der Waals surface area contributed by atoms with Crippen LogP contribution in [0.3, 0.4) is 0 Å². The van der Waals surface area contributed by atoms with Crippen LogP contribution in [0, 0.1) is 0 Å². The normalized spacial score (nSPS) is 17.5. The molecule has 21 heavy (non-hydrogen) atoms. The van der Waals surface area contributed by atoms with Gasteiger partial charge in [0, 0.05) is 23.5 Å². The largest absolute Gasteiger partial charge is 0.459 e. The van der Waals surface area contributed by atoms with Crippen LogP contribution in [0.5, 0.6) is 0 Å². The molecule has 1 heterocycles. The van der Waals surface area contributed by atoms with Gasteiger partial charge in [0.1, 0.15) is 11.3 Å². The molecule has 1 aliphatic carbocycles. The molecule has 3 heteroatoms. The molecular weight excluding hydrogens is 260 g/mol. The van der Waals surface area contributed by atoms with Crippen molar-refractivity contribution in [3.63, 3.8) is 0 Å². The number of rotatable bonds is 4. The van der Waals surface area contributed by atoms with Gasteiger partial charge >= 0.3 is 0 Å². The van der Waals surface area contributed by atoms with E-state index in [1.165, 1.54) is 49.5 Å². The summed E-state index contributed by atoms with van der Waals surface area (Å²) in [6, 6.07) is 8.90. The molecule has 0 aliphatic heterocycles. The van der Waals surface area contributed by atoms with E-state index in [1.807, 2.05) is 12.1 Å². The molecule has 1 aromatic carbocycles. The van der Waals surface area contributed by atoms with Crippen molar-refractivity contribution in [2.24, 2.45) is 5.73 Å². The maximum atomic E-state index is 6.06. The number of para-hydroxylation sites is 1. The first-order chi connectivity index (χ1) is 10.3. The molecule has 2 N–H and O–H groups in total. The molecule has 0 bridgehead atoms. The van der Waals surface area contributed by atoms with Crippen molar-refractivity contribution in [2.45, 2.75) is 57.7 Å². The van der Waals surface area contributed by atoms with Crippen molar-refractivity contribution in [3.8, 4) is 0 Å². The number of nitrogens with zero attached hydrogens (tertiary/aromatic N) is 1. The Labute approximate surface area is 127 Å². The molecule has 1 fully saturated rings. The molecule has 3 rings (SSSR count). The van der Waals surface area contributed by atoms with E-state index in [1.54, 1.807) is 0 Å². The first-order valence-corrected chi connectivity index (χ1v) is 8.19. The molecule has 0 spiro atoms. The SMILES string of the molecule is CN(Cc1oc2ccccc2c1CN)C1CCCCCC1. The average Bonchev–Trinajstić information content (AvgIpc) is 2.67. The zero-order valence-electron chi connectivity index (χ0n) is 13.0. The highest BCUT2D eigenvalue weighted by Gasteiger charge is 2.20. The van der Waals surface area contributed by atoms with Crippen LogP contribution in [0.2, 0.25) is 0 Å². The Morgan fingerprint density at radius 3 is 2.57 bits per heavy atom. The molecule has 3 nitrogen and oxygen atoms in total. The number of furan rings is 1. The van der Waals surface area contributed by atoms with Crippen molar-refractivity contribution >= 4 is 11.0 Å². The molecule has 0 radical (unpaired) electrons. The van der Waals surface area contributed by atoms with Gasteiger partial charge < -0.3 is 10.2 Å². The summed E-state index contributed by atoms with van der Waals surface area (Å²) in [5.41, 5.74) is 8.09. The van der Waals surface area contributed by atoms with Gasteiger partial charge in [-0.1, -0.05) is 43.9 Å². The summed E-state index contributed by atoms with van der Waals surface area (Å²) < 4.78 is 6.06. The van der Waals surface area contributed by atoms with Gasteiger partial charge in [-0.05, 0) is 26.0 Å². The lowest BCUT2D eigenvalue weighted by molar-refractivity contribution is 0.199. The number of hydrogen-bond acceptors (Lipinski definition) is 3. The molecular formula is C18H26N2O. The fraction of sp³-hybridized carbons (Fsp3) is 0.556. The van der Waals surface area contributed by atoms with Gasteiger partial charge in [-0.25, -0.2) is 0 Å². The van der Waals surface area contributed by atoms with Gasteiger partial charge in [0.25, 0.3) is 0 Å². The summed E-state index contributed by atoms with van der Waals surface area (Å²) in [6.07, 6.45) is 8.13. The lowest BCUT2D eigenvalue weighted by Gasteiger charge is -2.26. The monoisotopic (exact) mass is 286 g/mol. The van der Waals surface area contributed by atoms with E-state index < -0.39 is 0 Å². The van der Waals surface area contributed by atoms with E-state index in [0.717, 1.165) is 17.9 Å². The second kappa shape index (κ2) is 6.63. The molecule has 0 atom stereocenters. The Morgan fingerprint density at radius 1 is 1.14 bits per heavy atom. The lowest BCUT2D eigenvalue weighted by Crippen LogP contribution is -2.31. The van der Waals surface area contributed by atoms with Gasteiger partial charge in [0.2, 0.25) is 0 Å². The Morgan fingerprint density at radius 2 is 1.86 bits per heavy atom. The quantitative estimate of drug-likeness (QED) is 0.862. The Kier molecular flexibility index (Phi) is 4.61. The number of hydrogen-bond donors (Lipinski definition) is 1. The van der Waals surface area contributed by atoms with Gasteiger partial charge in [-0.15, -0.1) is 0 Å².